The molecular formula is C20H19N3O2S. The summed E-state index contributed by atoms with van der Waals surface area (Å²) in [5.74, 6) is -0.446. The predicted octanol–water partition coefficient (Wildman–Crippen LogP) is 3.59. The molecule has 132 valence electrons. The van der Waals surface area contributed by atoms with Crippen molar-refractivity contribution in [2.24, 2.45) is 5.92 Å². The number of rotatable bonds is 4. The molecule has 26 heavy (non-hydrogen) atoms. The second-order valence-electron chi connectivity index (χ2n) is 6.64. The van der Waals surface area contributed by atoms with Crippen LogP contribution in [0.5, 0.6) is 0 Å². The highest BCUT2D eigenvalue weighted by Gasteiger charge is 2.34. The van der Waals surface area contributed by atoms with Crippen LogP contribution in [0.15, 0.2) is 48.5 Å². The van der Waals surface area contributed by atoms with Gasteiger partial charge in [-0.2, -0.15) is 0 Å². The van der Waals surface area contributed by atoms with Crippen molar-refractivity contribution in [1.82, 2.24) is 9.88 Å². The Labute approximate surface area is 155 Å². The maximum Gasteiger partial charge on any atom is 0.231 e. The zero-order valence-corrected chi connectivity index (χ0v) is 15.3. The van der Waals surface area contributed by atoms with Crippen molar-refractivity contribution in [2.75, 3.05) is 11.9 Å². The van der Waals surface area contributed by atoms with E-state index in [1.54, 1.807) is 4.90 Å². The summed E-state index contributed by atoms with van der Waals surface area (Å²) in [5, 5.41) is 3.47. The maximum atomic E-state index is 12.6. The van der Waals surface area contributed by atoms with Crippen molar-refractivity contribution in [3.63, 3.8) is 0 Å². The molecule has 0 radical (unpaired) electrons. The highest BCUT2D eigenvalue weighted by Crippen LogP contribution is 2.28. The Bertz CT molecular complexity index is 968. The lowest BCUT2D eigenvalue weighted by atomic mass is 10.1. The summed E-state index contributed by atoms with van der Waals surface area (Å²) in [4.78, 5) is 31.0. The first-order chi connectivity index (χ1) is 12.6. The Kier molecular flexibility index (Phi) is 4.42. The summed E-state index contributed by atoms with van der Waals surface area (Å²) >= 11 is 1.46. The number of nitrogens with zero attached hydrogens (tertiary/aromatic N) is 2. The van der Waals surface area contributed by atoms with Crippen LogP contribution in [0.4, 0.5) is 5.13 Å². The van der Waals surface area contributed by atoms with Gasteiger partial charge in [0.05, 0.1) is 16.1 Å². The number of carbonyl (C=O) groups is 2. The zero-order chi connectivity index (χ0) is 18.1. The van der Waals surface area contributed by atoms with Crippen LogP contribution in [-0.2, 0) is 16.1 Å². The minimum Gasteiger partial charge on any atom is -0.338 e. The number of amides is 2. The van der Waals surface area contributed by atoms with Crippen LogP contribution in [0.25, 0.3) is 10.2 Å². The van der Waals surface area contributed by atoms with Gasteiger partial charge in [0, 0.05) is 19.5 Å². The summed E-state index contributed by atoms with van der Waals surface area (Å²) in [7, 11) is 0. The van der Waals surface area contributed by atoms with Gasteiger partial charge in [0.15, 0.2) is 5.13 Å². The number of fused-ring (bicyclic) bond motifs is 1. The van der Waals surface area contributed by atoms with Crippen molar-refractivity contribution in [1.29, 1.82) is 0 Å². The maximum absolute atomic E-state index is 12.6. The summed E-state index contributed by atoms with van der Waals surface area (Å²) < 4.78 is 1.05. The molecule has 1 aromatic heterocycles. The molecule has 1 aliphatic heterocycles. The zero-order valence-electron chi connectivity index (χ0n) is 14.4. The van der Waals surface area contributed by atoms with E-state index in [0.29, 0.717) is 18.2 Å². The number of carbonyl (C=O) groups excluding carboxylic acids is 2. The summed E-state index contributed by atoms with van der Waals surface area (Å²) in [6.45, 7) is 3.02. The Balaban J connectivity index is 1.42. The van der Waals surface area contributed by atoms with Crippen molar-refractivity contribution in [2.45, 2.75) is 19.9 Å². The van der Waals surface area contributed by atoms with E-state index in [4.69, 9.17) is 0 Å². The minimum atomic E-state index is -0.333. The SMILES string of the molecule is Cc1ccc2nc(NC(=O)[C@H]3CC(=O)N(Cc4ccccc4)C3)sc2c1. The lowest BCUT2D eigenvalue weighted by Crippen LogP contribution is -2.28. The van der Waals surface area contributed by atoms with Gasteiger partial charge >= 0.3 is 0 Å². The van der Waals surface area contributed by atoms with Crippen molar-refractivity contribution in [3.8, 4) is 0 Å². The third-order valence-electron chi connectivity index (χ3n) is 4.58. The van der Waals surface area contributed by atoms with E-state index in [0.717, 1.165) is 21.3 Å². The molecule has 3 aromatic rings. The largest absolute Gasteiger partial charge is 0.338 e. The van der Waals surface area contributed by atoms with E-state index >= 15 is 0 Å². The van der Waals surface area contributed by atoms with Crippen LogP contribution in [0.3, 0.4) is 0 Å². The number of thiazole rings is 1. The molecule has 4 rings (SSSR count). The van der Waals surface area contributed by atoms with E-state index in [1.807, 2.05) is 49.4 Å². The number of nitrogens with one attached hydrogen (secondary N) is 1. The molecule has 1 atom stereocenters. The fourth-order valence-corrected chi connectivity index (χ4v) is 4.16. The Morgan fingerprint density at radius 2 is 2.08 bits per heavy atom. The van der Waals surface area contributed by atoms with Gasteiger partial charge in [-0.3, -0.25) is 9.59 Å². The van der Waals surface area contributed by atoms with Gasteiger partial charge in [-0.15, -0.1) is 0 Å². The van der Waals surface area contributed by atoms with Gasteiger partial charge in [0.1, 0.15) is 0 Å². The molecule has 2 amide bonds. The standard InChI is InChI=1S/C20H19N3O2S/c1-13-7-8-16-17(9-13)26-20(21-16)22-19(25)15-10-18(24)23(12-15)11-14-5-3-2-4-6-14/h2-9,15H,10-12H2,1H3,(H,21,22,25)/t15-/m0/s1. The van der Waals surface area contributed by atoms with Crippen LogP contribution in [-0.4, -0.2) is 28.2 Å². The van der Waals surface area contributed by atoms with Gasteiger partial charge < -0.3 is 10.2 Å². The molecular weight excluding hydrogens is 346 g/mol. The summed E-state index contributed by atoms with van der Waals surface area (Å²) in [6.07, 6.45) is 0.253. The molecule has 0 aliphatic carbocycles. The normalized spacial score (nSPS) is 17.0. The minimum absolute atomic E-state index is 0.0222. The average Bonchev–Trinajstić information content (AvgIpc) is 3.18. The van der Waals surface area contributed by atoms with Gasteiger partial charge in [0.25, 0.3) is 0 Å². The van der Waals surface area contributed by atoms with Crippen LogP contribution in [0.1, 0.15) is 17.5 Å². The molecule has 2 heterocycles. The third kappa shape index (κ3) is 3.46. The van der Waals surface area contributed by atoms with Gasteiger partial charge in [0.2, 0.25) is 11.8 Å². The van der Waals surface area contributed by atoms with E-state index in [9.17, 15) is 9.59 Å². The lowest BCUT2D eigenvalue weighted by molar-refractivity contribution is -0.128. The molecule has 5 nitrogen and oxygen atoms in total. The second-order valence-corrected chi connectivity index (χ2v) is 7.67. The monoisotopic (exact) mass is 365 g/mol. The van der Waals surface area contributed by atoms with E-state index in [1.165, 1.54) is 11.3 Å². The van der Waals surface area contributed by atoms with E-state index in [2.05, 4.69) is 16.4 Å². The van der Waals surface area contributed by atoms with Gasteiger partial charge in [-0.05, 0) is 30.2 Å². The number of likely N-dealkylation sites (tertiary alicyclic amines) is 1. The smallest absolute Gasteiger partial charge is 0.231 e. The molecule has 2 aromatic carbocycles. The first kappa shape index (κ1) is 16.7. The van der Waals surface area contributed by atoms with E-state index in [-0.39, 0.29) is 24.2 Å². The van der Waals surface area contributed by atoms with Crippen LogP contribution >= 0.6 is 11.3 Å². The predicted molar refractivity (Wildman–Crippen MR) is 103 cm³/mol. The molecule has 1 fully saturated rings. The van der Waals surface area contributed by atoms with Crippen LogP contribution in [0, 0.1) is 12.8 Å². The van der Waals surface area contributed by atoms with Crippen molar-refractivity contribution >= 4 is 38.5 Å². The summed E-state index contributed by atoms with van der Waals surface area (Å²) in [6, 6.07) is 15.9. The topological polar surface area (TPSA) is 62.3 Å². The van der Waals surface area contributed by atoms with Crippen molar-refractivity contribution < 1.29 is 9.59 Å². The first-order valence-corrected chi connectivity index (χ1v) is 9.40. The molecule has 1 N–H and O–H groups in total. The second kappa shape index (κ2) is 6.88. The molecule has 1 aliphatic rings. The Hall–Kier alpha value is -2.73. The number of anilines is 1. The third-order valence-corrected chi connectivity index (χ3v) is 5.51. The average molecular weight is 365 g/mol. The van der Waals surface area contributed by atoms with Gasteiger partial charge in [-0.25, -0.2) is 4.98 Å². The molecule has 6 heteroatoms. The molecule has 0 saturated carbocycles. The number of aryl methyl sites for hydroxylation is 1. The number of hydrogen-bond donors (Lipinski definition) is 1. The highest BCUT2D eigenvalue weighted by molar-refractivity contribution is 7.22. The van der Waals surface area contributed by atoms with E-state index < -0.39 is 0 Å². The Morgan fingerprint density at radius 1 is 1.27 bits per heavy atom. The lowest BCUT2D eigenvalue weighted by Gasteiger charge is -2.16. The quantitative estimate of drug-likeness (QED) is 0.768. The Morgan fingerprint density at radius 3 is 2.88 bits per heavy atom. The number of aromatic nitrogens is 1. The number of benzene rings is 2. The molecule has 0 unspecified atom stereocenters. The molecule has 0 spiro atoms. The highest BCUT2D eigenvalue weighted by atomic mass is 32.1. The van der Waals surface area contributed by atoms with Crippen LogP contribution in [0.2, 0.25) is 0 Å². The first-order valence-electron chi connectivity index (χ1n) is 8.58. The van der Waals surface area contributed by atoms with Gasteiger partial charge in [-0.1, -0.05) is 47.7 Å². The molecule has 0 bridgehead atoms. The fraction of sp³-hybridized carbons (Fsp3) is 0.250. The molecule has 1 saturated heterocycles. The van der Waals surface area contributed by atoms with Crippen molar-refractivity contribution in [3.05, 3.63) is 59.7 Å². The fourth-order valence-electron chi connectivity index (χ4n) is 3.20. The summed E-state index contributed by atoms with van der Waals surface area (Å²) in [5.41, 5.74) is 3.12. The number of hydrogen-bond acceptors (Lipinski definition) is 4. The van der Waals surface area contributed by atoms with Crippen LogP contribution < -0.4 is 5.32 Å².